The third kappa shape index (κ3) is 4.82. The van der Waals surface area contributed by atoms with Crippen molar-refractivity contribution in [2.45, 2.75) is 52.2 Å². The van der Waals surface area contributed by atoms with Crippen LogP contribution in [-0.2, 0) is 4.74 Å². The van der Waals surface area contributed by atoms with Crippen LogP contribution in [0, 0.1) is 12.0 Å². The molecule has 1 aliphatic carbocycles. The number of hydrogen-bond donors (Lipinski definition) is 0. The Morgan fingerprint density at radius 1 is 1.03 bits per heavy atom. The van der Waals surface area contributed by atoms with Gasteiger partial charge in [-0.25, -0.2) is 9.64 Å². The van der Waals surface area contributed by atoms with E-state index < -0.39 is 5.60 Å². The second-order valence-electron chi connectivity index (χ2n) is 11.0. The number of benzene rings is 2. The molecule has 0 atom stereocenters. The highest BCUT2D eigenvalue weighted by atomic mass is 16.6. The lowest BCUT2D eigenvalue weighted by atomic mass is 9.60. The maximum Gasteiger partial charge on any atom is 0.410 e. The molecule has 2 aromatic carbocycles. The quantitative estimate of drug-likeness (QED) is 0.290. The van der Waals surface area contributed by atoms with Gasteiger partial charge >= 0.3 is 6.09 Å². The van der Waals surface area contributed by atoms with E-state index in [1.165, 1.54) is 6.92 Å². The highest BCUT2D eigenvalue weighted by Crippen LogP contribution is 2.55. The van der Waals surface area contributed by atoms with Crippen molar-refractivity contribution in [3.05, 3.63) is 71.7 Å². The van der Waals surface area contributed by atoms with Crippen LogP contribution in [0.15, 0.2) is 54.6 Å². The van der Waals surface area contributed by atoms with E-state index in [1.54, 1.807) is 9.58 Å². The summed E-state index contributed by atoms with van der Waals surface area (Å²) in [4.78, 5) is 30.4. The molecule has 1 aromatic heterocycles. The first-order valence-electron chi connectivity index (χ1n) is 12.4. The van der Waals surface area contributed by atoms with Gasteiger partial charge in [0.15, 0.2) is 5.78 Å². The number of amides is 1. The average Bonchev–Trinajstić information content (AvgIpc) is 3.17. The van der Waals surface area contributed by atoms with E-state index in [-0.39, 0.29) is 29.0 Å². The number of ketones is 1. The van der Waals surface area contributed by atoms with Crippen LogP contribution in [0.5, 0.6) is 11.5 Å². The largest absolute Gasteiger partial charge is 0.457 e. The van der Waals surface area contributed by atoms with Gasteiger partial charge in [-0.05, 0) is 70.4 Å². The number of Topliss-reactive ketones (excluding diaryl/α,β-unsaturated/α-hetero) is 1. The van der Waals surface area contributed by atoms with Gasteiger partial charge in [-0.1, -0.05) is 30.3 Å². The predicted molar refractivity (Wildman–Crippen MR) is 139 cm³/mol. The van der Waals surface area contributed by atoms with Gasteiger partial charge in [-0.2, -0.15) is 5.10 Å². The van der Waals surface area contributed by atoms with Crippen LogP contribution in [0.25, 0.3) is 16.1 Å². The summed E-state index contributed by atoms with van der Waals surface area (Å²) in [6, 6.07) is 16.9. The van der Waals surface area contributed by atoms with E-state index in [9.17, 15) is 9.59 Å². The molecule has 2 heterocycles. The minimum absolute atomic E-state index is 0.00891. The minimum atomic E-state index is -0.522. The standard InChI is InChI=1S/C29H30N4O4/c1-19(34)26-25(30-5)24(20-11-13-23(14-12-20)36-22-9-7-6-8-10-22)31-33(26)21-15-29(16-21)17-32(18-29)27(35)37-28(2,3)4/h6-14,21H,15-18H2,1-4H3. The number of carbonyl (C=O) groups excluding carboxylic acids is 2. The Kier molecular flexibility index (Phi) is 6.03. The zero-order valence-electron chi connectivity index (χ0n) is 21.5. The molecule has 8 nitrogen and oxygen atoms in total. The second kappa shape index (κ2) is 9.07. The van der Waals surface area contributed by atoms with Crippen LogP contribution in [0.2, 0.25) is 0 Å². The summed E-state index contributed by atoms with van der Waals surface area (Å²) in [6.07, 6.45) is 1.31. The zero-order valence-corrected chi connectivity index (χ0v) is 21.5. The molecule has 1 spiro atoms. The zero-order chi connectivity index (χ0) is 26.4. The molecule has 0 radical (unpaired) electrons. The Morgan fingerprint density at radius 3 is 2.22 bits per heavy atom. The second-order valence-corrected chi connectivity index (χ2v) is 11.0. The Bertz CT molecular complexity index is 1370. The van der Waals surface area contributed by atoms with Gasteiger partial charge in [0, 0.05) is 18.5 Å². The Labute approximate surface area is 216 Å². The number of rotatable bonds is 5. The lowest BCUT2D eigenvalue weighted by Crippen LogP contribution is -2.64. The summed E-state index contributed by atoms with van der Waals surface area (Å²) in [5.74, 6) is 1.23. The van der Waals surface area contributed by atoms with Crippen molar-refractivity contribution in [3.63, 3.8) is 0 Å². The van der Waals surface area contributed by atoms with Gasteiger partial charge < -0.3 is 14.4 Å². The third-order valence-corrected chi connectivity index (χ3v) is 6.82. The molecule has 8 heteroatoms. The van der Waals surface area contributed by atoms with E-state index in [1.807, 2.05) is 75.4 Å². The van der Waals surface area contributed by atoms with Crippen molar-refractivity contribution in [2.24, 2.45) is 5.41 Å². The summed E-state index contributed by atoms with van der Waals surface area (Å²) in [7, 11) is 0. The number of likely N-dealkylation sites (tertiary alicyclic amines) is 1. The highest BCUT2D eigenvalue weighted by Gasteiger charge is 2.55. The molecule has 2 fully saturated rings. The molecule has 1 amide bonds. The molecular formula is C29H30N4O4. The average molecular weight is 499 g/mol. The van der Waals surface area contributed by atoms with Crippen LogP contribution in [0.3, 0.4) is 0 Å². The smallest absolute Gasteiger partial charge is 0.410 e. The number of aromatic nitrogens is 2. The number of hydrogen-bond acceptors (Lipinski definition) is 5. The maximum atomic E-state index is 12.6. The third-order valence-electron chi connectivity index (χ3n) is 6.82. The van der Waals surface area contributed by atoms with Crippen molar-refractivity contribution in [2.75, 3.05) is 13.1 Å². The molecule has 190 valence electrons. The maximum absolute atomic E-state index is 12.6. The fraction of sp³-hybridized carbons (Fsp3) is 0.379. The number of ether oxygens (including phenoxy) is 2. The SMILES string of the molecule is [C-]#[N+]c1c(-c2ccc(Oc3ccccc3)cc2)nn(C2CC3(C2)CN(C(=O)OC(C)(C)C)C3)c1C(C)=O. The number of para-hydroxylation sites is 1. The lowest BCUT2D eigenvalue weighted by molar-refractivity contribution is -0.0929. The van der Waals surface area contributed by atoms with Crippen LogP contribution >= 0.6 is 0 Å². The molecule has 0 unspecified atom stereocenters. The normalized spacial score (nSPS) is 16.5. The first kappa shape index (κ1) is 24.6. The van der Waals surface area contributed by atoms with Crippen LogP contribution in [0.4, 0.5) is 10.5 Å². The molecule has 5 rings (SSSR count). The van der Waals surface area contributed by atoms with Crippen LogP contribution in [0.1, 0.15) is 57.1 Å². The number of carbonyl (C=O) groups is 2. The minimum Gasteiger partial charge on any atom is -0.457 e. The first-order valence-corrected chi connectivity index (χ1v) is 12.4. The van der Waals surface area contributed by atoms with Crippen LogP contribution in [-0.4, -0.2) is 45.2 Å². The van der Waals surface area contributed by atoms with Gasteiger partial charge in [0.2, 0.25) is 5.69 Å². The summed E-state index contributed by atoms with van der Waals surface area (Å²) in [5, 5.41) is 4.77. The van der Waals surface area contributed by atoms with E-state index >= 15 is 0 Å². The predicted octanol–water partition coefficient (Wildman–Crippen LogP) is 6.67. The Balaban J connectivity index is 1.33. The topological polar surface area (TPSA) is 78.0 Å². The molecule has 3 aromatic rings. The van der Waals surface area contributed by atoms with E-state index in [0.717, 1.165) is 24.2 Å². The lowest BCUT2D eigenvalue weighted by Gasteiger charge is -2.58. The Morgan fingerprint density at radius 2 is 1.65 bits per heavy atom. The van der Waals surface area contributed by atoms with Gasteiger partial charge in [0.25, 0.3) is 0 Å². The molecule has 0 bridgehead atoms. The molecule has 2 aliphatic rings. The van der Waals surface area contributed by atoms with E-state index in [4.69, 9.17) is 21.1 Å². The highest BCUT2D eigenvalue weighted by molar-refractivity contribution is 6.01. The molecule has 1 aliphatic heterocycles. The van der Waals surface area contributed by atoms with Crippen molar-refractivity contribution >= 4 is 17.6 Å². The van der Waals surface area contributed by atoms with Crippen molar-refractivity contribution in [1.29, 1.82) is 0 Å². The van der Waals surface area contributed by atoms with Gasteiger partial charge in [0.1, 0.15) is 22.8 Å². The summed E-state index contributed by atoms with van der Waals surface area (Å²) in [6.45, 7) is 16.1. The van der Waals surface area contributed by atoms with Crippen molar-refractivity contribution < 1.29 is 19.1 Å². The molecular weight excluding hydrogens is 468 g/mol. The van der Waals surface area contributed by atoms with Crippen molar-refractivity contribution in [1.82, 2.24) is 14.7 Å². The van der Waals surface area contributed by atoms with E-state index in [0.29, 0.717) is 30.2 Å². The Hall–Kier alpha value is -4.12. The summed E-state index contributed by atoms with van der Waals surface area (Å²) < 4.78 is 13.1. The molecule has 37 heavy (non-hydrogen) atoms. The van der Waals surface area contributed by atoms with Gasteiger partial charge in [0.05, 0.1) is 18.3 Å². The van der Waals surface area contributed by atoms with E-state index in [2.05, 4.69) is 4.85 Å². The molecule has 1 saturated heterocycles. The number of nitrogens with zero attached hydrogens (tertiary/aromatic N) is 4. The van der Waals surface area contributed by atoms with Crippen LogP contribution < -0.4 is 4.74 Å². The van der Waals surface area contributed by atoms with Gasteiger partial charge in [-0.3, -0.25) is 9.48 Å². The first-order chi connectivity index (χ1) is 17.6. The van der Waals surface area contributed by atoms with Crippen molar-refractivity contribution in [3.8, 4) is 22.8 Å². The summed E-state index contributed by atoms with van der Waals surface area (Å²) >= 11 is 0. The van der Waals surface area contributed by atoms with Gasteiger partial charge in [-0.15, -0.1) is 0 Å². The monoisotopic (exact) mass is 498 g/mol. The molecule has 1 saturated carbocycles. The fourth-order valence-electron chi connectivity index (χ4n) is 5.21. The molecule has 0 N–H and O–H groups in total. The summed E-state index contributed by atoms with van der Waals surface area (Å²) in [5.41, 5.74) is 1.37. The fourth-order valence-corrected chi connectivity index (χ4v) is 5.21.